The molecule has 1 heterocycles. The number of benzene rings is 2. The van der Waals surface area contributed by atoms with Gasteiger partial charge in [0.05, 0.1) is 18.1 Å². The number of fused-ring (bicyclic) bond motifs is 1. The van der Waals surface area contributed by atoms with E-state index in [1.165, 1.54) is 19.2 Å². The fourth-order valence-corrected chi connectivity index (χ4v) is 2.44. The SMILES string of the molecule is COc1cc(NC(=O)COCc2nc3ccc(C)cc3[nH]2)ccc1O. The van der Waals surface area contributed by atoms with E-state index in [1.54, 1.807) is 6.07 Å². The van der Waals surface area contributed by atoms with Gasteiger partial charge in [-0.2, -0.15) is 0 Å². The third-order valence-electron chi connectivity index (χ3n) is 3.62. The predicted octanol–water partition coefficient (Wildman–Crippen LogP) is 2.74. The second kappa shape index (κ2) is 7.23. The fraction of sp³-hybridized carbons (Fsp3) is 0.222. The van der Waals surface area contributed by atoms with Crippen molar-refractivity contribution in [2.75, 3.05) is 19.0 Å². The number of methoxy groups -OCH3 is 1. The highest BCUT2D eigenvalue weighted by atomic mass is 16.5. The zero-order valence-corrected chi connectivity index (χ0v) is 14.0. The van der Waals surface area contributed by atoms with Gasteiger partial charge in [0.2, 0.25) is 5.91 Å². The maximum Gasteiger partial charge on any atom is 0.250 e. The van der Waals surface area contributed by atoms with Crippen LogP contribution in [0.1, 0.15) is 11.4 Å². The number of ether oxygens (including phenoxy) is 2. The van der Waals surface area contributed by atoms with Gasteiger partial charge in [0.15, 0.2) is 11.5 Å². The molecule has 7 nitrogen and oxygen atoms in total. The van der Waals surface area contributed by atoms with Crippen LogP contribution in [-0.2, 0) is 16.1 Å². The van der Waals surface area contributed by atoms with Crippen molar-refractivity contribution in [1.29, 1.82) is 0 Å². The van der Waals surface area contributed by atoms with E-state index in [1.807, 2.05) is 25.1 Å². The molecule has 3 aromatic rings. The summed E-state index contributed by atoms with van der Waals surface area (Å²) < 4.78 is 10.4. The molecule has 0 spiro atoms. The largest absolute Gasteiger partial charge is 0.504 e. The van der Waals surface area contributed by atoms with Crippen molar-refractivity contribution in [2.45, 2.75) is 13.5 Å². The van der Waals surface area contributed by atoms with Gasteiger partial charge in [0.25, 0.3) is 0 Å². The van der Waals surface area contributed by atoms with Crippen LogP contribution in [0.3, 0.4) is 0 Å². The number of hydrogen-bond donors (Lipinski definition) is 3. The first-order valence-electron chi connectivity index (χ1n) is 7.75. The van der Waals surface area contributed by atoms with Crippen LogP contribution in [0.25, 0.3) is 11.0 Å². The molecule has 0 bridgehead atoms. The standard InChI is InChI=1S/C18H19N3O4/c1-11-3-5-13-14(7-11)21-17(20-13)9-25-10-18(23)19-12-4-6-15(22)16(8-12)24-2/h3-8,22H,9-10H2,1-2H3,(H,19,23)(H,20,21). The molecule has 0 saturated carbocycles. The number of amides is 1. The molecule has 2 aromatic carbocycles. The summed E-state index contributed by atoms with van der Waals surface area (Å²) in [5.41, 5.74) is 3.47. The van der Waals surface area contributed by atoms with Crippen LogP contribution >= 0.6 is 0 Å². The van der Waals surface area contributed by atoms with Gasteiger partial charge in [-0.05, 0) is 36.8 Å². The second-order valence-electron chi connectivity index (χ2n) is 5.63. The number of aromatic hydroxyl groups is 1. The summed E-state index contributed by atoms with van der Waals surface area (Å²) in [6.45, 7) is 2.11. The number of phenolic OH excluding ortho intramolecular Hbond substituents is 1. The Hall–Kier alpha value is -3.06. The first-order valence-corrected chi connectivity index (χ1v) is 7.75. The molecule has 1 amide bonds. The van der Waals surface area contributed by atoms with Crippen LogP contribution < -0.4 is 10.1 Å². The molecule has 3 N–H and O–H groups in total. The van der Waals surface area contributed by atoms with Crippen molar-refractivity contribution < 1.29 is 19.4 Å². The minimum Gasteiger partial charge on any atom is -0.504 e. The number of H-pyrrole nitrogens is 1. The van der Waals surface area contributed by atoms with Gasteiger partial charge >= 0.3 is 0 Å². The Morgan fingerprint density at radius 1 is 1.28 bits per heavy atom. The minimum absolute atomic E-state index is 0.0110. The Kier molecular flexibility index (Phi) is 4.85. The molecule has 0 aliphatic carbocycles. The summed E-state index contributed by atoms with van der Waals surface area (Å²) in [6.07, 6.45) is 0. The van der Waals surface area contributed by atoms with Gasteiger partial charge < -0.3 is 24.9 Å². The highest BCUT2D eigenvalue weighted by molar-refractivity contribution is 5.92. The average molecular weight is 341 g/mol. The quantitative estimate of drug-likeness (QED) is 0.599. The van der Waals surface area contributed by atoms with Gasteiger partial charge in [-0.1, -0.05) is 6.07 Å². The second-order valence-corrected chi connectivity index (χ2v) is 5.63. The molecular formula is C18H19N3O4. The van der Waals surface area contributed by atoms with Gasteiger partial charge in [-0.3, -0.25) is 4.79 Å². The van der Waals surface area contributed by atoms with Gasteiger partial charge in [0, 0.05) is 11.8 Å². The molecule has 25 heavy (non-hydrogen) atoms. The number of aromatic amines is 1. The highest BCUT2D eigenvalue weighted by Gasteiger charge is 2.08. The third kappa shape index (κ3) is 4.07. The van der Waals surface area contributed by atoms with Crippen molar-refractivity contribution in [3.63, 3.8) is 0 Å². The number of imidazole rings is 1. The lowest BCUT2D eigenvalue weighted by Gasteiger charge is -2.08. The average Bonchev–Trinajstić information content (AvgIpc) is 2.98. The molecule has 0 radical (unpaired) electrons. The number of carbonyl (C=O) groups excluding carboxylic acids is 1. The lowest BCUT2D eigenvalue weighted by molar-refractivity contribution is -0.121. The lowest BCUT2D eigenvalue weighted by Crippen LogP contribution is -2.18. The van der Waals surface area contributed by atoms with E-state index >= 15 is 0 Å². The van der Waals surface area contributed by atoms with E-state index < -0.39 is 0 Å². The predicted molar refractivity (Wildman–Crippen MR) is 93.8 cm³/mol. The lowest BCUT2D eigenvalue weighted by atomic mass is 10.2. The first-order chi connectivity index (χ1) is 12.0. The van der Waals surface area contributed by atoms with E-state index in [-0.39, 0.29) is 30.6 Å². The number of aromatic nitrogens is 2. The van der Waals surface area contributed by atoms with Crippen LogP contribution in [0.5, 0.6) is 11.5 Å². The Labute approximate surface area is 144 Å². The Morgan fingerprint density at radius 3 is 2.92 bits per heavy atom. The Balaban J connectivity index is 1.53. The van der Waals surface area contributed by atoms with E-state index in [0.717, 1.165) is 16.6 Å². The van der Waals surface area contributed by atoms with Crippen molar-refractivity contribution in [2.24, 2.45) is 0 Å². The molecule has 0 atom stereocenters. The third-order valence-corrected chi connectivity index (χ3v) is 3.62. The first kappa shape index (κ1) is 16.8. The van der Waals surface area contributed by atoms with Crippen LogP contribution in [-0.4, -0.2) is 34.7 Å². The van der Waals surface area contributed by atoms with Gasteiger partial charge in [-0.15, -0.1) is 0 Å². The van der Waals surface area contributed by atoms with Crippen LogP contribution in [0, 0.1) is 6.92 Å². The zero-order chi connectivity index (χ0) is 17.8. The topological polar surface area (TPSA) is 96.5 Å². The number of nitrogens with zero attached hydrogens (tertiary/aromatic N) is 1. The molecule has 0 saturated heterocycles. The molecule has 0 aliphatic heterocycles. The molecule has 7 heteroatoms. The number of hydrogen-bond acceptors (Lipinski definition) is 5. The summed E-state index contributed by atoms with van der Waals surface area (Å²) in [7, 11) is 1.44. The van der Waals surface area contributed by atoms with E-state index in [4.69, 9.17) is 9.47 Å². The molecule has 0 unspecified atom stereocenters. The van der Waals surface area contributed by atoms with Crippen molar-refractivity contribution in [3.8, 4) is 11.5 Å². The number of anilines is 1. The van der Waals surface area contributed by atoms with Crippen LogP contribution in [0.15, 0.2) is 36.4 Å². The zero-order valence-electron chi connectivity index (χ0n) is 14.0. The van der Waals surface area contributed by atoms with Gasteiger partial charge in [0.1, 0.15) is 19.0 Å². The summed E-state index contributed by atoms with van der Waals surface area (Å²) in [5, 5.41) is 12.2. The number of phenols is 1. The maximum atomic E-state index is 11.9. The fourth-order valence-electron chi connectivity index (χ4n) is 2.44. The highest BCUT2D eigenvalue weighted by Crippen LogP contribution is 2.28. The summed E-state index contributed by atoms with van der Waals surface area (Å²) in [5.74, 6) is 0.660. The smallest absolute Gasteiger partial charge is 0.250 e. The maximum absolute atomic E-state index is 11.9. The normalized spacial score (nSPS) is 10.8. The monoisotopic (exact) mass is 341 g/mol. The van der Waals surface area contributed by atoms with Crippen molar-refractivity contribution >= 4 is 22.6 Å². The summed E-state index contributed by atoms with van der Waals surface area (Å²) in [6, 6.07) is 10.5. The molecule has 1 aromatic heterocycles. The number of aryl methyl sites for hydroxylation is 1. The minimum atomic E-state index is -0.306. The Bertz CT molecular complexity index is 904. The molecular weight excluding hydrogens is 322 g/mol. The number of rotatable bonds is 6. The Morgan fingerprint density at radius 2 is 2.12 bits per heavy atom. The molecule has 0 aliphatic rings. The van der Waals surface area contributed by atoms with E-state index in [9.17, 15) is 9.90 Å². The van der Waals surface area contributed by atoms with Crippen molar-refractivity contribution in [3.05, 3.63) is 47.8 Å². The molecule has 0 fully saturated rings. The van der Waals surface area contributed by atoms with Crippen LogP contribution in [0.4, 0.5) is 5.69 Å². The molecule has 130 valence electrons. The number of carbonyl (C=O) groups is 1. The number of nitrogens with one attached hydrogen (secondary N) is 2. The summed E-state index contributed by atoms with van der Waals surface area (Å²) >= 11 is 0. The van der Waals surface area contributed by atoms with Crippen LogP contribution in [0.2, 0.25) is 0 Å². The van der Waals surface area contributed by atoms with Gasteiger partial charge in [-0.25, -0.2) is 4.98 Å². The summed E-state index contributed by atoms with van der Waals surface area (Å²) in [4.78, 5) is 19.5. The molecule has 3 rings (SSSR count). The van der Waals surface area contributed by atoms with E-state index in [0.29, 0.717) is 11.5 Å². The van der Waals surface area contributed by atoms with E-state index in [2.05, 4.69) is 15.3 Å². The van der Waals surface area contributed by atoms with Crippen molar-refractivity contribution in [1.82, 2.24) is 9.97 Å².